The van der Waals surface area contributed by atoms with E-state index in [1.54, 1.807) is 49.3 Å². The molecule has 3 rings (SSSR count). The van der Waals surface area contributed by atoms with Crippen molar-refractivity contribution in [3.8, 4) is 11.4 Å². The van der Waals surface area contributed by atoms with E-state index in [0.29, 0.717) is 28.6 Å². The maximum atomic E-state index is 12.2. The number of aryl methyl sites for hydroxylation is 2. The summed E-state index contributed by atoms with van der Waals surface area (Å²) in [6.45, 7) is 4.64. The Bertz CT molecular complexity index is 901. The molecular weight excluding hydrogens is 336 g/mol. The molecule has 10 heteroatoms. The number of aromatic nitrogens is 6. The Labute approximate surface area is 150 Å². The summed E-state index contributed by atoms with van der Waals surface area (Å²) in [6, 6.07) is 4.85. The number of ether oxygens (including phenoxy) is 1. The number of rotatable bonds is 6. The van der Waals surface area contributed by atoms with E-state index < -0.39 is 0 Å². The van der Waals surface area contributed by atoms with E-state index in [2.05, 4.69) is 38.2 Å². The molecule has 2 amide bonds. The Balaban J connectivity index is 1.75. The summed E-state index contributed by atoms with van der Waals surface area (Å²) in [5, 5.41) is 21.2. The third-order valence-electron chi connectivity index (χ3n) is 3.63. The van der Waals surface area contributed by atoms with Crippen molar-refractivity contribution in [2.24, 2.45) is 0 Å². The molecule has 0 saturated carbocycles. The fourth-order valence-corrected chi connectivity index (χ4v) is 2.46. The average Bonchev–Trinajstić information content (AvgIpc) is 3.24. The topological polar surface area (TPSA) is 112 Å². The monoisotopic (exact) mass is 356 g/mol. The third-order valence-corrected chi connectivity index (χ3v) is 3.63. The zero-order chi connectivity index (χ0) is 18.5. The lowest BCUT2D eigenvalue weighted by Crippen LogP contribution is -2.19. The summed E-state index contributed by atoms with van der Waals surface area (Å²) in [4.78, 5) is 12.2. The molecule has 136 valence electrons. The predicted molar refractivity (Wildman–Crippen MR) is 95.6 cm³/mol. The first-order chi connectivity index (χ1) is 12.6. The summed E-state index contributed by atoms with van der Waals surface area (Å²) in [5.74, 6) is 1.19. The summed E-state index contributed by atoms with van der Waals surface area (Å²) in [5.41, 5.74) is 1.83. The fourth-order valence-electron chi connectivity index (χ4n) is 2.46. The highest BCUT2D eigenvalue weighted by atomic mass is 16.5. The number of urea groups is 1. The molecule has 0 unspecified atom stereocenters. The van der Waals surface area contributed by atoms with Gasteiger partial charge in [0.1, 0.15) is 11.4 Å². The second-order valence-electron chi connectivity index (χ2n) is 5.60. The number of anilines is 2. The van der Waals surface area contributed by atoms with Crippen molar-refractivity contribution >= 4 is 17.4 Å². The summed E-state index contributed by atoms with van der Waals surface area (Å²) in [6.07, 6.45) is 4.37. The van der Waals surface area contributed by atoms with Gasteiger partial charge in [-0.2, -0.15) is 9.78 Å². The van der Waals surface area contributed by atoms with Crippen LogP contribution < -0.4 is 15.4 Å². The highest BCUT2D eigenvalue weighted by molar-refractivity contribution is 5.99. The molecule has 0 radical (unpaired) electrons. The molecule has 0 aliphatic carbocycles. The van der Waals surface area contributed by atoms with Gasteiger partial charge in [-0.25, -0.2) is 4.79 Å². The molecule has 26 heavy (non-hydrogen) atoms. The second kappa shape index (κ2) is 7.64. The largest absolute Gasteiger partial charge is 0.494 e. The molecule has 0 spiro atoms. The molecule has 0 saturated heterocycles. The smallest absolute Gasteiger partial charge is 0.323 e. The van der Waals surface area contributed by atoms with Crippen molar-refractivity contribution in [1.29, 1.82) is 0 Å². The minimum absolute atomic E-state index is 0.370. The highest BCUT2D eigenvalue weighted by Gasteiger charge is 2.12. The van der Waals surface area contributed by atoms with Gasteiger partial charge in [-0.3, -0.25) is 4.68 Å². The summed E-state index contributed by atoms with van der Waals surface area (Å²) < 4.78 is 8.67. The predicted octanol–water partition coefficient (Wildman–Crippen LogP) is 2.23. The summed E-state index contributed by atoms with van der Waals surface area (Å²) >= 11 is 0. The Morgan fingerprint density at radius 2 is 2.08 bits per heavy atom. The van der Waals surface area contributed by atoms with Gasteiger partial charge in [0.25, 0.3) is 0 Å². The van der Waals surface area contributed by atoms with Crippen molar-refractivity contribution in [2.45, 2.75) is 26.8 Å². The second-order valence-corrected chi connectivity index (χ2v) is 5.60. The quantitative estimate of drug-likeness (QED) is 0.700. The molecule has 2 N–H and O–H groups in total. The molecule has 0 aliphatic rings. The number of nitrogens with zero attached hydrogens (tertiary/aromatic N) is 6. The van der Waals surface area contributed by atoms with Crippen LogP contribution in [0.5, 0.6) is 5.75 Å². The highest BCUT2D eigenvalue weighted by Crippen LogP contribution is 2.26. The van der Waals surface area contributed by atoms with E-state index in [-0.39, 0.29) is 6.03 Å². The molecule has 0 aliphatic heterocycles. The van der Waals surface area contributed by atoms with Gasteiger partial charge in [0.15, 0.2) is 5.82 Å². The lowest BCUT2D eigenvalue weighted by atomic mass is 10.2. The van der Waals surface area contributed by atoms with Gasteiger partial charge < -0.3 is 15.4 Å². The van der Waals surface area contributed by atoms with E-state index in [4.69, 9.17) is 4.74 Å². The number of hydrogen-bond acceptors (Lipinski definition) is 6. The summed E-state index contributed by atoms with van der Waals surface area (Å²) in [7, 11) is 1.56. The van der Waals surface area contributed by atoms with Crippen LogP contribution in [0.3, 0.4) is 0 Å². The van der Waals surface area contributed by atoms with Crippen molar-refractivity contribution < 1.29 is 9.53 Å². The van der Waals surface area contributed by atoms with Crippen LogP contribution in [0.1, 0.15) is 19.2 Å². The van der Waals surface area contributed by atoms with E-state index in [1.807, 2.05) is 0 Å². The Morgan fingerprint density at radius 1 is 1.27 bits per heavy atom. The van der Waals surface area contributed by atoms with Crippen molar-refractivity contribution in [3.05, 3.63) is 36.4 Å². The number of methoxy groups -OCH3 is 1. The minimum atomic E-state index is -0.370. The van der Waals surface area contributed by atoms with Gasteiger partial charge in [-0.1, -0.05) is 6.92 Å². The molecule has 1 aromatic carbocycles. The maximum absolute atomic E-state index is 12.2. The third kappa shape index (κ3) is 3.79. The van der Waals surface area contributed by atoms with Gasteiger partial charge in [-0.15, -0.1) is 5.10 Å². The van der Waals surface area contributed by atoms with Gasteiger partial charge in [0.05, 0.1) is 19.0 Å². The SMILES string of the molecule is CCCn1cc(NC(=O)Nc2ccc(OC)c(-n3nnnc3C)c2)cn1. The Kier molecular flexibility index (Phi) is 5.11. The number of carbonyl (C=O) groups excluding carboxylic acids is 1. The van der Waals surface area contributed by atoms with E-state index in [9.17, 15) is 4.79 Å². The molecular formula is C16H20N8O2. The average molecular weight is 356 g/mol. The van der Waals surface area contributed by atoms with Crippen LogP contribution in [0.2, 0.25) is 0 Å². The molecule has 10 nitrogen and oxygen atoms in total. The maximum Gasteiger partial charge on any atom is 0.323 e. The van der Waals surface area contributed by atoms with Crippen LogP contribution in [0.15, 0.2) is 30.6 Å². The van der Waals surface area contributed by atoms with Crippen molar-refractivity contribution in [2.75, 3.05) is 17.7 Å². The van der Waals surface area contributed by atoms with Crippen LogP contribution >= 0.6 is 0 Å². The van der Waals surface area contributed by atoms with Gasteiger partial charge in [-0.05, 0) is 42.0 Å². The van der Waals surface area contributed by atoms with Crippen molar-refractivity contribution in [3.63, 3.8) is 0 Å². The molecule has 0 atom stereocenters. The normalized spacial score (nSPS) is 10.6. The molecule has 0 bridgehead atoms. The van der Waals surface area contributed by atoms with Gasteiger partial charge >= 0.3 is 6.03 Å². The van der Waals surface area contributed by atoms with Crippen molar-refractivity contribution in [1.82, 2.24) is 30.0 Å². The molecule has 2 heterocycles. The molecule has 0 fully saturated rings. The number of tetrazole rings is 1. The minimum Gasteiger partial charge on any atom is -0.494 e. The lowest BCUT2D eigenvalue weighted by molar-refractivity contribution is 0.262. The first-order valence-electron chi connectivity index (χ1n) is 8.14. The number of amides is 2. The standard InChI is InChI=1S/C16H20N8O2/c1-4-7-23-10-13(9-17-23)19-16(25)18-12-5-6-15(26-3)14(8-12)24-11(2)20-21-22-24/h5-6,8-10H,4,7H2,1-3H3,(H2,18,19,25). The lowest BCUT2D eigenvalue weighted by Gasteiger charge is -2.12. The van der Waals surface area contributed by atoms with Crippen LogP contribution in [-0.4, -0.2) is 43.1 Å². The molecule has 3 aromatic rings. The molecule has 2 aromatic heterocycles. The number of carbonyl (C=O) groups is 1. The zero-order valence-corrected chi connectivity index (χ0v) is 14.8. The van der Waals surface area contributed by atoms with E-state index in [0.717, 1.165) is 13.0 Å². The zero-order valence-electron chi connectivity index (χ0n) is 14.8. The van der Waals surface area contributed by atoms with Gasteiger partial charge in [0, 0.05) is 18.4 Å². The van der Waals surface area contributed by atoms with Crippen LogP contribution in [-0.2, 0) is 6.54 Å². The van der Waals surface area contributed by atoms with E-state index >= 15 is 0 Å². The Morgan fingerprint density at radius 3 is 2.77 bits per heavy atom. The number of nitrogens with one attached hydrogen (secondary N) is 2. The Hall–Kier alpha value is -3.43. The van der Waals surface area contributed by atoms with Crippen LogP contribution in [0.25, 0.3) is 5.69 Å². The number of hydrogen-bond donors (Lipinski definition) is 2. The van der Waals surface area contributed by atoms with E-state index in [1.165, 1.54) is 4.68 Å². The van der Waals surface area contributed by atoms with Crippen LogP contribution in [0, 0.1) is 6.92 Å². The first-order valence-corrected chi connectivity index (χ1v) is 8.14. The number of benzene rings is 1. The van der Waals surface area contributed by atoms with Gasteiger partial charge in [0.2, 0.25) is 0 Å². The van der Waals surface area contributed by atoms with Crippen LogP contribution in [0.4, 0.5) is 16.2 Å². The first kappa shape index (κ1) is 17.4. The fraction of sp³-hybridized carbons (Fsp3) is 0.312.